The number of benzene rings is 2. The van der Waals surface area contributed by atoms with Crippen LogP contribution in [0.4, 0.5) is 30.6 Å². The molecule has 0 spiro atoms. The lowest BCUT2D eigenvalue weighted by molar-refractivity contribution is -0.137. The predicted octanol–water partition coefficient (Wildman–Crippen LogP) is 2.86. The Morgan fingerprint density at radius 2 is 1.96 bits per heavy atom. The van der Waals surface area contributed by atoms with Crippen molar-refractivity contribution in [2.45, 2.75) is 6.18 Å². The van der Waals surface area contributed by atoms with E-state index in [-0.39, 0.29) is 17.3 Å². The molecule has 25 heavy (non-hydrogen) atoms. The summed E-state index contributed by atoms with van der Waals surface area (Å²) in [5.74, 6) is 0.217. The van der Waals surface area contributed by atoms with Crippen LogP contribution in [0, 0.1) is 0 Å². The van der Waals surface area contributed by atoms with Gasteiger partial charge in [0, 0.05) is 16.9 Å². The summed E-state index contributed by atoms with van der Waals surface area (Å²) in [5.41, 5.74) is 7.06. The second kappa shape index (κ2) is 6.31. The van der Waals surface area contributed by atoms with Crippen LogP contribution in [-0.4, -0.2) is 11.2 Å². The molecule has 5 N–H and O–H groups in total. The Labute approximate surface area is 140 Å². The van der Waals surface area contributed by atoms with Gasteiger partial charge in [0.2, 0.25) is 0 Å². The van der Waals surface area contributed by atoms with Crippen LogP contribution >= 0.6 is 0 Å². The van der Waals surface area contributed by atoms with Gasteiger partial charge in [-0.2, -0.15) is 13.2 Å². The fraction of sp³-hybridized carbons (Fsp3) is 0.0588. The number of hydrogen-bond acceptors (Lipinski definition) is 4. The zero-order valence-electron chi connectivity index (χ0n) is 12.8. The van der Waals surface area contributed by atoms with Crippen LogP contribution in [0.1, 0.15) is 11.1 Å². The molecule has 8 heteroatoms. The Hall–Kier alpha value is -3.29. The fourth-order valence-electron chi connectivity index (χ4n) is 2.23. The monoisotopic (exact) mass is 347 g/mol. The molecular formula is C17H14F3N4O+. The normalized spacial score (nSPS) is 11.3. The predicted molar refractivity (Wildman–Crippen MR) is 88.2 cm³/mol. The number of aromatic nitrogens is 1. The minimum absolute atomic E-state index is 0.139. The molecule has 3 rings (SSSR count). The molecule has 0 atom stereocenters. The van der Waals surface area contributed by atoms with Crippen LogP contribution in [-0.2, 0) is 6.18 Å². The van der Waals surface area contributed by atoms with Crippen molar-refractivity contribution in [1.29, 1.82) is 0 Å². The SMILES string of the molecule is Nc1ccc(Nc2ncc(-c3cccc(C(F)(F)F)c3)o2)cc1C=[NH2+]. The smallest absolute Gasteiger partial charge is 0.416 e. The highest BCUT2D eigenvalue weighted by molar-refractivity contribution is 5.85. The van der Waals surface area contributed by atoms with Crippen LogP contribution in [0.2, 0.25) is 0 Å². The minimum atomic E-state index is -4.42. The summed E-state index contributed by atoms with van der Waals surface area (Å²) in [6.07, 6.45) is -1.70. The van der Waals surface area contributed by atoms with Crippen molar-refractivity contribution in [2.24, 2.45) is 0 Å². The Morgan fingerprint density at radius 1 is 1.16 bits per heavy atom. The van der Waals surface area contributed by atoms with Gasteiger partial charge in [0.15, 0.2) is 12.0 Å². The van der Waals surface area contributed by atoms with Crippen LogP contribution in [0.15, 0.2) is 53.1 Å². The maximum atomic E-state index is 12.8. The highest BCUT2D eigenvalue weighted by atomic mass is 19.4. The topological polar surface area (TPSA) is 89.7 Å². The Balaban J connectivity index is 1.85. The average molecular weight is 347 g/mol. The molecule has 2 aromatic carbocycles. The summed E-state index contributed by atoms with van der Waals surface area (Å²) in [6, 6.07) is 10.0. The standard InChI is InChI=1S/C17H13F3N4O/c18-17(19,20)12-3-1-2-10(6-12)15-9-23-16(25-15)24-13-4-5-14(22)11(7-13)8-21/h1-9,21H,22H2,(H,23,24)/p+1. The summed E-state index contributed by atoms with van der Waals surface area (Å²) in [6.45, 7) is 0. The number of nitrogens with zero attached hydrogens (tertiary/aromatic N) is 1. The lowest BCUT2D eigenvalue weighted by atomic mass is 10.1. The zero-order valence-corrected chi connectivity index (χ0v) is 12.8. The van der Waals surface area contributed by atoms with Gasteiger partial charge in [-0.3, -0.25) is 5.41 Å². The van der Waals surface area contributed by atoms with Crippen LogP contribution in [0.25, 0.3) is 11.3 Å². The number of rotatable bonds is 4. The number of nitrogens with one attached hydrogen (secondary N) is 1. The van der Waals surface area contributed by atoms with Gasteiger partial charge in [-0.1, -0.05) is 12.1 Å². The second-order valence-corrected chi connectivity index (χ2v) is 5.24. The number of anilines is 3. The van der Waals surface area contributed by atoms with E-state index in [1.165, 1.54) is 24.5 Å². The Bertz CT molecular complexity index is 918. The van der Waals surface area contributed by atoms with E-state index in [0.29, 0.717) is 16.9 Å². The largest absolute Gasteiger partial charge is 0.423 e. The van der Waals surface area contributed by atoms with E-state index < -0.39 is 11.7 Å². The molecule has 0 amide bonds. The molecule has 0 aliphatic heterocycles. The van der Waals surface area contributed by atoms with E-state index in [9.17, 15) is 13.2 Å². The van der Waals surface area contributed by atoms with Gasteiger partial charge < -0.3 is 15.5 Å². The maximum absolute atomic E-state index is 12.8. The van der Waals surface area contributed by atoms with E-state index in [4.69, 9.17) is 15.6 Å². The van der Waals surface area contributed by atoms with E-state index in [1.807, 2.05) is 0 Å². The second-order valence-electron chi connectivity index (χ2n) is 5.24. The number of oxazole rings is 1. The summed E-state index contributed by atoms with van der Waals surface area (Å²) in [4.78, 5) is 4.03. The average Bonchev–Trinajstić information content (AvgIpc) is 3.04. The first-order valence-electron chi connectivity index (χ1n) is 7.22. The molecule has 5 nitrogen and oxygen atoms in total. The number of alkyl halides is 3. The minimum Gasteiger partial charge on any atom is -0.423 e. The molecule has 0 radical (unpaired) electrons. The van der Waals surface area contributed by atoms with Crippen molar-refractivity contribution < 1.29 is 23.0 Å². The molecule has 0 unspecified atom stereocenters. The molecule has 0 aliphatic carbocycles. The third-order valence-electron chi connectivity index (χ3n) is 3.50. The van der Waals surface area contributed by atoms with Gasteiger partial charge >= 0.3 is 6.18 Å². The van der Waals surface area contributed by atoms with Gasteiger partial charge in [-0.25, -0.2) is 4.98 Å². The number of nitrogen functional groups attached to an aromatic ring is 1. The first-order chi connectivity index (χ1) is 11.9. The van der Waals surface area contributed by atoms with E-state index in [1.54, 1.807) is 18.2 Å². The summed E-state index contributed by atoms with van der Waals surface area (Å²) in [5, 5.41) is 8.39. The number of nitrogens with two attached hydrogens (primary N) is 2. The van der Waals surface area contributed by atoms with Gasteiger partial charge in [-0.15, -0.1) is 0 Å². The molecule has 1 aromatic heterocycles. The maximum Gasteiger partial charge on any atom is 0.416 e. The van der Waals surface area contributed by atoms with Crippen molar-refractivity contribution in [3.05, 3.63) is 59.8 Å². The van der Waals surface area contributed by atoms with Gasteiger partial charge in [0.25, 0.3) is 6.01 Å². The third kappa shape index (κ3) is 3.63. The molecule has 0 bridgehead atoms. The van der Waals surface area contributed by atoms with E-state index in [0.717, 1.165) is 12.1 Å². The van der Waals surface area contributed by atoms with Crippen molar-refractivity contribution >= 4 is 23.6 Å². The molecule has 0 aliphatic rings. The number of hydrogen-bond donors (Lipinski definition) is 3. The lowest BCUT2D eigenvalue weighted by Gasteiger charge is -2.07. The highest BCUT2D eigenvalue weighted by Gasteiger charge is 2.30. The quantitative estimate of drug-likeness (QED) is 0.500. The van der Waals surface area contributed by atoms with Gasteiger partial charge in [-0.05, 0) is 30.3 Å². The van der Waals surface area contributed by atoms with E-state index in [2.05, 4.69) is 10.3 Å². The molecule has 0 saturated carbocycles. The van der Waals surface area contributed by atoms with Crippen LogP contribution in [0.3, 0.4) is 0 Å². The number of halogens is 3. The third-order valence-corrected chi connectivity index (χ3v) is 3.50. The molecule has 3 aromatic rings. The summed E-state index contributed by atoms with van der Waals surface area (Å²) >= 11 is 0. The molecular weight excluding hydrogens is 333 g/mol. The van der Waals surface area contributed by atoms with Crippen LogP contribution in [0.5, 0.6) is 0 Å². The van der Waals surface area contributed by atoms with Gasteiger partial charge in [0.05, 0.1) is 17.3 Å². The van der Waals surface area contributed by atoms with E-state index >= 15 is 0 Å². The van der Waals surface area contributed by atoms with Crippen molar-refractivity contribution in [2.75, 3.05) is 11.1 Å². The lowest BCUT2D eigenvalue weighted by Crippen LogP contribution is -2.30. The summed E-state index contributed by atoms with van der Waals surface area (Å²) < 4.78 is 43.9. The molecule has 1 heterocycles. The summed E-state index contributed by atoms with van der Waals surface area (Å²) in [7, 11) is 0. The van der Waals surface area contributed by atoms with Crippen molar-refractivity contribution in [3.63, 3.8) is 0 Å². The molecule has 128 valence electrons. The molecule has 0 saturated heterocycles. The Kier molecular flexibility index (Phi) is 4.18. The first kappa shape index (κ1) is 16.6. The van der Waals surface area contributed by atoms with Gasteiger partial charge in [0.1, 0.15) is 0 Å². The van der Waals surface area contributed by atoms with Crippen molar-refractivity contribution in [3.8, 4) is 11.3 Å². The fourth-order valence-corrected chi connectivity index (χ4v) is 2.23. The van der Waals surface area contributed by atoms with Crippen LogP contribution < -0.4 is 16.5 Å². The zero-order chi connectivity index (χ0) is 18.0. The molecule has 0 fully saturated rings. The first-order valence-corrected chi connectivity index (χ1v) is 7.22. The highest BCUT2D eigenvalue weighted by Crippen LogP contribution is 2.33. The Morgan fingerprint density at radius 3 is 2.68 bits per heavy atom. The van der Waals surface area contributed by atoms with Crippen molar-refractivity contribution in [1.82, 2.24) is 4.98 Å².